The number of amides is 1. The van der Waals surface area contributed by atoms with E-state index in [1.807, 2.05) is 6.07 Å². The van der Waals surface area contributed by atoms with E-state index in [2.05, 4.69) is 4.99 Å². The summed E-state index contributed by atoms with van der Waals surface area (Å²) in [5, 5.41) is 32.7. The Kier molecular flexibility index (Phi) is 10.1. The number of ether oxygens (including phenoxy) is 4. The molecule has 3 N–H and O–H groups in total. The molecule has 2 aromatic rings. The molecule has 3 rings (SSSR count). The zero-order valence-electron chi connectivity index (χ0n) is 24.4. The van der Waals surface area contributed by atoms with Crippen LogP contribution in [0, 0.1) is 33.3 Å². The fraction of sp³-hybridized carbons (Fsp3) is 0.357. The second-order valence-corrected chi connectivity index (χ2v) is 9.65. The molecule has 0 bridgehead atoms. The number of hydrogen-bond donors (Lipinski definition) is 2. The molecule has 2 aromatic carbocycles. The normalized spacial score (nSPS) is 15.9. The number of carbonyl (C=O) groups is 2. The lowest BCUT2D eigenvalue weighted by Crippen LogP contribution is -2.51. The van der Waals surface area contributed by atoms with E-state index in [1.54, 1.807) is 27.9 Å². The summed E-state index contributed by atoms with van der Waals surface area (Å²) in [5.41, 5.74) is -0.910. The quantitative estimate of drug-likeness (QED) is 0.206. The lowest BCUT2D eigenvalue weighted by atomic mass is 9.86. The maximum atomic E-state index is 12.7. The van der Waals surface area contributed by atoms with Gasteiger partial charge in [-0.1, -0.05) is 20.3 Å². The summed E-state index contributed by atoms with van der Waals surface area (Å²) in [6.07, 6.45) is -1.25. The van der Waals surface area contributed by atoms with E-state index in [4.69, 9.17) is 24.8 Å². The molecule has 15 nitrogen and oxygen atoms in total. The summed E-state index contributed by atoms with van der Waals surface area (Å²) >= 11 is 0. The number of carboxylic acid groups (broad SMARTS) is 1. The number of aliphatic carboxylic acids is 1. The topological polar surface area (TPSA) is 203 Å². The fourth-order valence-electron chi connectivity index (χ4n) is 4.22. The minimum Gasteiger partial charge on any atom is -0.497 e. The summed E-state index contributed by atoms with van der Waals surface area (Å²) in [6, 6.07) is 10.4. The number of allylic oxidation sites excluding steroid dienone is 1. The third-order valence-corrected chi connectivity index (χ3v) is 6.63. The van der Waals surface area contributed by atoms with E-state index >= 15 is 0 Å². The van der Waals surface area contributed by atoms with Crippen molar-refractivity contribution >= 4 is 17.6 Å². The number of methoxy groups -OCH3 is 2. The van der Waals surface area contributed by atoms with Crippen molar-refractivity contribution in [1.82, 2.24) is 9.91 Å². The van der Waals surface area contributed by atoms with Crippen LogP contribution in [0.4, 0.5) is 0 Å². The molecule has 228 valence electrons. The summed E-state index contributed by atoms with van der Waals surface area (Å²) in [4.78, 5) is 42.4. The maximum Gasteiger partial charge on any atom is 0.352 e. The van der Waals surface area contributed by atoms with Gasteiger partial charge in [-0.2, -0.15) is 5.26 Å². The van der Waals surface area contributed by atoms with Gasteiger partial charge < -0.3 is 29.0 Å². The Hall–Kier alpha value is -5.36. The fourth-order valence-corrected chi connectivity index (χ4v) is 4.22. The van der Waals surface area contributed by atoms with Gasteiger partial charge in [-0.05, 0) is 30.2 Å². The van der Waals surface area contributed by atoms with Crippen LogP contribution in [-0.4, -0.2) is 72.2 Å². The third-order valence-electron chi connectivity index (χ3n) is 6.63. The minimum atomic E-state index is -1.60. The van der Waals surface area contributed by atoms with Gasteiger partial charge in [-0.15, -0.1) is 0 Å². The molecule has 1 heterocycles. The Morgan fingerprint density at radius 1 is 1.19 bits per heavy atom. The number of nitro groups is 1. The Balaban J connectivity index is 2.26. The van der Waals surface area contributed by atoms with Crippen LogP contribution in [0.5, 0.6) is 23.0 Å². The zero-order chi connectivity index (χ0) is 32.0. The number of carbonyl (C=O) groups excluding carboxylic acids is 1. The minimum absolute atomic E-state index is 0.00432. The number of nitriles is 1. The molecule has 0 aliphatic carbocycles. The SMILES string of the molecule is CCC(C)C(C(=O)O)C1=NC(Oc2cc(C#N)ccc2OC)N(N)C(Oc2cc(OC)cc(C(=O)N(C)C)c2)=C1[N+](=O)[O-]. The Labute approximate surface area is 247 Å². The van der Waals surface area contributed by atoms with Gasteiger partial charge in [0.25, 0.3) is 18.1 Å². The number of hydrogen-bond acceptors (Lipinski definition) is 12. The Morgan fingerprint density at radius 3 is 2.40 bits per heavy atom. The van der Waals surface area contributed by atoms with Gasteiger partial charge in [-0.25, -0.2) is 15.8 Å². The van der Waals surface area contributed by atoms with Crippen molar-refractivity contribution in [3.05, 3.63) is 69.2 Å². The highest BCUT2D eigenvalue weighted by atomic mass is 16.6. The monoisotopic (exact) mass is 596 g/mol. The Bertz CT molecular complexity index is 1510. The second kappa shape index (κ2) is 13.5. The van der Waals surface area contributed by atoms with Crippen LogP contribution in [0.15, 0.2) is 53.0 Å². The molecular formula is C28H32N6O9. The molecule has 15 heteroatoms. The second-order valence-electron chi connectivity index (χ2n) is 9.65. The predicted octanol–water partition coefficient (Wildman–Crippen LogP) is 2.84. The van der Waals surface area contributed by atoms with Crippen LogP contribution in [0.1, 0.15) is 36.2 Å². The summed E-state index contributed by atoms with van der Waals surface area (Å²) in [5.74, 6) is 2.22. The zero-order valence-corrected chi connectivity index (χ0v) is 24.4. The van der Waals surface area contributed by atoms with E-state index in [9.17, 15) is 30.1 Å². The molecular weight excluding hydrogens is 564 g/mol. The molecule has 3 atom stereocenters. The van der Waals surface area contributed by atoms with Gasteiger partial charge in [0.1, 0.15) is 23.1 Å². The summed E-state index contributed by atoms with van der Waals surface area (Å²) in [7, 11) is 5.81. The van der Waals surface area contributed by atoms with Crippen molar-refractivity contribution in [1.29, 1.82) is 5.26 Å². The van der Waals surface area contributed by atoms with E-state index in [0.29, 0.717) is 11.4 Å². The molecule has 1 amide bonds. The van der Waals surface area contributed by atoms with Gasteiger partial charge in [0.15, 0.2) is 11.5 Å². The van der Waals surface area contributed by atoms with E-state index in [1.165, 1.54) is 55.5 Å². The van der Waals surface area contributed by atoms with E-state index < -0.39 is 52.3 Å². The summed E-state index contributed by atoms with van der Waals surface area (Å²) < 4.78 is 22.5. The molecule has 0 aromatic heterocycles. The first kappa shape index (κ1) is 32.2. The number of aliphatic imine (C=N–C) groups is 1. The molecule has 0 radical (unpaired) electrons. The number of carboxylic acids is 1. The van der Waals surface area contributed by atoms with Crippen molar-refractivity contribution in [2.75, 3.05) is 28.3 Å². The predicted molar refractivity (Wildman–Crippen MR) is 152 cm³/mol. The first-order valence-corrected chi connectivity index (χ1v) is 12.9. The number of nitrogens with two attached hydrogens (primary N) is 1. The number of hydrazine groups is 1. The average Bonchev–Trinajstić information content (AvgIpc) is 2.98. The average molecular weight is 597 g/mol. The molecule has 0 fully saturated rings. The number of benzene rings is 2. The first-order chi connectivity index (χ1) is 20.4. The van der Waals surface area contributed by atoms with Crippen molar-refractivity contribution in [2.45, 2.75) is 26.6 Å². The van der Waals surface area contributed by atoms with Crippen LogP contribution < -0.4 is 24.8 Å². The van der Waals surface area contributed by atoms with E-state index in [0.717, 1.165) is 0 Å². The van der Waals surface area contributed by atoms with Gasteiger partial charge in [0.2, 0.25) is 0 Å². The van der Waals surface area contributed by atoms with Crippen LogP contribution in [-0.2, 0) is 4.79 Å². The van der Waals surface area contributed by atoms with Crippen molar-refractivity contribution in [3.63, 3.8) is 0 Å². The number of rotatable bonds is 12. The highest BCUT2D eigenvalue weighted by Crippen LogP contribution is 2.35. The summed E-state index contributed by atoms with van der Waals surface area (Å²) in [6.45, 7) is 3.35. The molecule has 0 saturated carbocycles. The number of nitrogens with zero attached hydrogens (tertiary/aromatic N) is 5. The molecule has 0 spiro atoms. The van der Waals surface area contributed by atoms with Gasteiger partial charge in [0, 0.05) is 31.8 Å². The van der Waals surface area contributed by atoms with Gasteiger partial charge >= 0.3 is 11.7 Å². The molecule has 1 aliphatic rings. The van der Waals surface area contributed by atoms with Crippen molar-refractivity contribution in [3.8, 4) is 29.1 Å². The van der Waals surface area contributed by atoms with Crippen molar-refractivity contribution < 1.29 is 38.6 Å². The lowest BCUT2D eigenvalue weighted by molar-refractivity contribution is -0.420. The first-order valence-electron chi connectivity index (χ1n) is 12.9. The Morgan fingerprint density at radius 2 is 1.86 bits per heavy atom. The van der Waals surface area contributed by atoms with Gasteiger partial charge in [0.05, 0.1) is 30.8 Å². The maximum absolute atomic E-state index is 12.7. The molecule has 1 aliphatic heterocycles. The molecule has 0 saturated heterocycles. The van der Waals surface area contributed by atoms with Crippen LogP contribution >= 0.6 is 0 Å². The molecule has 3 unspecified atom stereocenters. The highest BCUT2D eigenvalue weighted by Gasteiger charge is 2.46. The molecule has 43 heavy (non-hydrogen) atoms. The largest absolute Gasteiger partial charge is 0.497 e. The lowest BCUT2D eigenvalue weighted by Gasteiger charge is -2.33. The smallest absolute Gasteiger partial charge is 0.352 e. The van der Waals surface area contributed by atoms with Gasteiger partial charge in [-0.3, -0.25) is 19.7 Å². The van der Waals surface area contributed by atoms with E-state index in [-0.39, 0.29) is 34.1 Å². The van der Waals surface area contributed by atoms with Crippen LogP contribution in [0.2, 0.25) is 0 Å². The highest BCUT2D eigenvalue weighted by molar-refractivity contribution is 6.10. The standard InChI is InChI=1S/C28H32N6O9/c1-7-15(2)22(27(36)37)23-24(34(38)39)26(42-19-12-17(25(35)32(3)4)11-18(13-19)40-5)33(30)28(31-23)43-21-10-16(14-29)8-9-20(21)41-6/h8-13,15,22,28H,7,30H2,1-6H3,(H,36,37). The third kappa shape index (κ3) is 6.93. The van der Waals surface area contributed by atoms with Crippen LogP contribution in [0.3, 0.4) is 0 Å². The van der Waals surface area contributed by atoms with Crippen molar-refractivity contribution in [2.24, 2.45) is 22.7 Å². The van der Waals surface area contributed by atoms with Crippen LogP contribution in [0.25, 0.3) is 0 Å².